The Morgan fingerprint density at radius 1 is 1.38 bits per heavy atom. The molecular weight excluding hydrogens is 328 g/mol. The average molecular weight is 358 g/mol. The van der Waals surface area contributed by atoms with E-state index in [1.165, 1.54) is 18.0 Å². The molecule has 0 aliphatic rings. The fourth-order valence-corrected chi connectivity index (χ4v) is 2.56. The zero-order valence-electron chi connectivity index (χ0n) is 15.9. The van der Waals surface area contributed by atoms with Crippen molar-refractivity contribution in [3.8, 4) is 5.75 Å². The first-order chi connectivity index (χ1) is 12.6. The van der Waals surface area contributed by atoms with Gasteiger partial charge < -0.3 is 26.5 Å². The van der Waals surface area contributed by atoms with E-state index in [0.717, 1.165) is 36.3 Å². The molecule has 7 heteroatoms. The van der Waals surface area contributed by atoms with Crippen molar-refractivity contribution in [2.45, 2.75) is 32.7 Å². The fourth-order valence-electron chi connectivity index (χ4n) is 2.56. The van der Waals surface area contributed by atoms with Crippen molar-refractivity contribution in [3.63, 3.8) is 0 Å². The van der Waals surface area contributed by atoms with Crippen LogP contribution in [0.4, 0.5) is 5.69 Å². The van der Waals surface area contributed by atoms with Crippen LogP contribution in [0, 0.1) is 5.41 Å². The Labute approximate surface area is 156 Å². The summed E-state index contributed by atoms with van der Waals surface area (Å²) in [6.07, 6.45) is 5.92. The van der Waals surface area contributed by atoms with E-state index in [1.807, 2.05) is 6.07 Å². The predicted octanol–water partition coefficient (Wildman–Crippen LogP) is 2.72. The molecule has 0 fully saturated rings. The van der Waals surface area contributed by atoms with Gasteiger partial charge in [-0.05, 0) is 42.8 Å². The van der Waals surface area contributed by atoms with Gasteiger partial charge in [-0.3, -0.25) is 9.98 Å². The van der Waals surface area contributed by atoms with Crippen LogP contribution in [0.2, 0.25) is 0 Å². The summed E-state index contributed by atoms with van der Waals surface area (Å²) in [5.74, 6) is 1.33. The van der Waals surface area contributed by atoms with Gasteiger partial charge in [0.15, 0.2) is 0 Å². The van der Waals surface area contributed by atoms with Gasteiger partial charge in [0.25, 0.3) is 0 Å². The Morgan fingerprint density at radius 3 is 2.69 bits per heavy atom. The minimum atomic E-state index is 0.406. The molecule has 0 amide bonds. The molecule has 0 aromatic heterocycles. The Hall–Kier alpha value is -2.67. The van der Waals surface area contributed by atoms with Crippen molar-refractivity contribution < 1.29 is 4.74 Å². The standard InChI is InChI=1S/C19H30N6O/c1-5-6-7-14-9-18(26-4)17(8-15(14)10-20)24-13-25-19(23-3)16(11-21)12-22-2/h8-9,11-12,21,24H,2,5-7,10,13,20H2,1,3-4H3,(H,23,25)/b16-12-,21-11?. The summed E-state index contributed by atoms with van der Waals surface area (Å²) < 4.78 is 5.52. The molecule has 0 atom stereocenters. The molecule has 0 aliphatic carbocycles. The number of hydrogen-bond donors (Lipinski definition) is 4. The van der Waals surface area contributed by atoms with E-state index in [9.17, 15) is 0 Å². The molecule has 0 spiro atoms. The van der Waals surface area contributed by atoms with Gasteiger partial charge in [-0.15, -0.1) is 0 Å². The maximum absolute atomic E-state index is 7.44. The summed E-state index contributed by atoms with van der Waals surface area (Å²) in [6, 6.07) is 4.09. The number of benzene rings is 1. The quantitative estimate of drug-likeness (QED) is 0.277. The summed E-state index contributed by atoms with van der Waals surface area (Å²) in [7, 11) is 3.31. The Bertz CT molecular complexity index is 666. The molecule has 0 bridgehead atoms. The molecular formula is C19H30N6O. The van der Waals surface area contributed by atoms with Crippen molar-refractivity contribution in [2.75, 3.05) is 26.1 Å². The highest BCUT2D eigenvalue weighted by Gasteiger charge is 2.10. The number of anilines is 1. The molecule has 1 aromatic rings. The van der Waals surface area contributed by atoms with E-state index in [0.29, 0.717) is 24.6 Å². The third-order valence-electron chi connectivity index (χ3n) is 3.96. The summed E-state index contributed by atoms with van der Waals surface area (Å²) in [5, 5.41) is 13.9. The highest BCUT2D eigenvalue weighted by atomic mass is 16.5. The highest BCUT2D eigenvalue weighted by Crippen LogP contribution is 2.29. The zero-order chi connectivity index (χ0) is 19.4. The van der Waals surface area contributed by atoms with Gasteiger partial charge >= 0.3 is 0 Å². The SMILES string of the molecule is C=N/C=C(/C=N)C(=NC)NCNc1cc(CN)c(CCCC)cc1OC. The highest BCUT2D eigenvalue weighted by molar-refractivity contribution is 6.14. The van der Waals surface area contributed by atoms with Crippen LogP contribution in [-0.2, 0) is 13.0 Å². The van der Waals surface area contributed by atoms with Crippen LogP contribution >= 0.6 is 0 Å². The molecule has 142 valence electrons. The number of aliphatic imine (C=N–C) groups is 2. The van der Waals surface area contributed by atoms with Crippen LogP contribution in [0.1, 0.15) is 30.9 Å². The number of ether oxygens (including phenoxy) is 1. The van der Waals surface area contributed by atoms with E-state index in [2.05, 4.69) is 40.3 Å². The molecule has 0 unspecified atom stereocenters. The van der Waals surface area contributed by atoms with Gasteiger partial charge in [-0.25, -0.2) is 0 Å². The second-order valence-corrected chi connectivity index (χ2v) is 5.64. The number of rotatable bonds is 11. The number of nitrogens with two attached hydrogens (primary N) is 1. The molecule has 0 saturated heterocycles. The molecule has 0 radical (unpaired) electrons. The first-order valence-corrected chi connectivity index (χ1v) is 8.66. The minimum absolute atomic E-state index is 0.406. The molecule has 7 nitrogen and oxygen atoms in total. The maximum atomic E-state index is 7.44. The molecule has 1 rings (SSSR count). The van der Waals surface area contributed by atoms with E-state index in [1.54, 1.807) is 14.2 Å². The lowest BCUT2D eigenvalue weighted by atomic mass is 10.0. The Balaban J connectivity index is 2.90. The van der Waals surface area contributed by atoms with Crippen molar-refractivity contribution in [1.82, 2.24) is 5.32 Å². The summed E-state index contributed by atoms with van der Waals surface area (Å²) >= 11 is 0. The number of hydrogen-bond acceptors (Lipinski definition) is 6. The second kappa shape index (κ2) is 11.8. The number of nitrogens with zero attached hydrogens (tertiary/aromatic N) is 2. The molecule has 5 N–H and O–H groups in total. The number of nitrogens with one attached hydrogen (secondary N) is 3. The van der Waals surface area contributed by atoms with Crippen LogP contribution in [-0.4, -0.2) is 39.6 Å². The lowest BCUT2D eigenvalue weighted by Crippen LogP contribution is -2.31. The van der Waals surface area contributed by atoms with Crippen LogP contribution in [0.25, 0.3) is 0 Å². The molecule has 0 saturated carbocycles. The number of amidine groups is 1. The number of unbranched alkanes of at least 4 members (excludes halogenated alkanes) is 1. The van der Waals surface area contributed by atoms with Gasteiger partial charge in [0, 0.05) is 26.0 Å². The number of aryl methyl sites for hydroxylation is 1. The molecule has 26 heavy (non-hydrogen) atoms. The summed E-state index contributed by atoms with van der Waals surface area (Å²) in [5.41, 5.74) is 9.67. The van der Waals surface area contributed by atoms with Gasteiger partial charge in [-0.2, -0.15) is 0 Å². The summed E-state index contributed by atoms with van der Waals surface area (Å²) in [4.78, 5) is 7.83. The Kier molecular flexibility index (Phi) is 9.71. The maximum Gasteiger partial charge on any atom is 0.142 e. The number of methoxy groups -OCH3 is 1. The lowest BCUT2D eigenvalue weighted by Gasteiger charge is -2.17. The van der Waals surface area contributed by atoms with Crippen molar-refractivity contribution in [3.05, 3.63) is 35.0 Å². The normalized spacial score (nSPS) is 11.8. The van der Waals surface area contributed by atoms with Crippen molar-refractivity contribution in [1.29, 1.82) is 5.41 Å². The van der Waals surface area contributed by atoms with Gasteiger partial charge in [0.05, 0.1) is 25.0 Å². The topological polar surface area (TPSA) is 108 Å². The van der Waals surface area contributed by atoms with E-state index < -0.39 is 0 Å². The first kappa shape index (κ1) is 21.4. The van der Waals surface area contributed by atoms with E-state index >= 15 is 0 Å². The predicted molar refractivity (Wildman–Crippen MR) is 111 cm³/mol. The summed E-state index contributed by atoms with van der Waals surface area (Å²) in [6.45, 7) is 6.47. The van der Waals surface area contributed by atoms with Crippen LogP contribution in [0.5, 0.6) is 5.75 Å². The second-order valence-electron chi connectivity index (χ2n) is 5.64. The fraction of sp³-hybridized carbons (Fsp3) is 0.421. The van der Waals surface area contributed by atoms with Gasteiger partial charge in [0.2, 0.25) is 0 Å². The van der Waals surface area contributed by atoms with Crippen LogP contribution in [0.3, 0.4) is 0 Å². The monoisotopic (exact) mass is 358 g/mol. The third-order valence-corrected chi connectivity index (χ3v) is 3.96. The van der Waals surface area contributed by atoms with E-state index in [4.69, 9.17) is 15.9 Å². The molecule has 0 aliphatic heterocycles. The van der Waals surface area contributed by atoms with Gasteiger partial charge in [-0.1, -0.05) is 13.3 Å². The van der Waals surface area contributed by atoms with E-state index in [-0.39, 0.29) is 0 Å². The largest absolute Gasteiger partial charge is 0.495 e. The van der Waals surface area contributed by atoms with Crippen LogP contribution in [0.15, 0.2) is 33.9 Å². The Morgan fingerprint density at radius 2 is 2.15 bits per heavy atom. The molecule has 1 aromatic carbocycles. The van der Waals surface area contributed by atoms with Crippen molar-refractivity contribution in [2.24, 2.45) is 15.7 Å². The zero-order valence-corrected chi connectivity index (χ0v) is 15.9. The minimum Gasteiger partial charge on any atom is -0.495 e. The van der Waals surface area contributed by atoms with Gasteiger partial charge in [0.1, 0.15) is 11.6 Å². The van der Waals surface area contributed by atoms with Crippen LogP contribution < -0.4 is 21.1 Å². The van der Waals surface area contributed by atoms with Crippen molar-refractivity contribution >= 4 is 24.5 Å². The third kappa shape index (κ3) is 6.00. The smallest absolute Gasteiger partial charge is 0.142 e. The average Bonchev–Trinajstić information content (AvgIpc) is 2.68. The lowest BCUT2D eigenvalue weighted by molar-refractivity contribution is 0.415. The first-order valence-electron chi connectivity index (χ1n) is 8.66. The molecule has 0 heterocycles.